The Hall–Kier alpha value is -2.77. The molecule has 122 valence electrons. The minimum atomic E-state index is -0.457. The number of hydrogen-bond donors (Lipinski definition) is 1. The lowest BCUT2D eigenvalue weighted by molar-refractivity contribution is -0.114. The van der Waals surface area contributed by atoms with Crippen LogP contribution in [0.5, 0.6) is 0 Å². The van der Waals surface area contributed by atoms with E-state index in [2.05, 4.69) is 15.1 Å². The smallest absolute Gasteiger partial charge is 0.282 e. The predicted octanol–water partition coefficient (Wildman–Crippen LogP) is 3.40. The van der Waals surface area contributed by atoms with Crippen LogP contribution in [0.15, 0.2) is 64.5 Å². The number of fused-ring (bicyclic) bond motifs is 1. The van der Waals surface area contributed by atoms with Crippen LogP contribution in [0, 0.1) is 5.41 Å². The van der Waals surface area contributed by atoms with Crippen LogP contribution in [0.1, 0.15) is 11.1 Å². The van der Waals surface area contributed by atoms with E-state index in [1.807, 2.05) is 6.07 Å². The molecular weight excluding hydrogens is 358 g/mol. The van der Waals surface area contributed by atoms with Crippen LogP contribution in [0.3, 0.4) is 0 Å². The predicted molar refractivity (Wildman–Crippen MR) is 99.8 cm³/mol. The Kier molecular flexibility index (Phi) is 3.95. The molecule has 1 aromatic heterocycles. The van der Waals surface area contributed by atoms with Gasteiger partial charge in [0.1, 0.15) is 5.04 Å². The van der Waals surface area contributed by atoms with Crippen molar-refractivity contribution in [2.75, 3.05) is 0 Å². The van der Waals surface area contributed by atoms with E-state index in [0.29, 0.717) is 15.2 Å². The number of nitrogens with one attached hydrogen (secondary N) is 1. The van der Waals surface area contributed by atoms with E-state index in [1.54, 1.807) is 48.8 Å². The molecule has 3 heterocycles. The minimum Gasteiger partial charge on any atom is -0.282 e. The maximum absolute atomic E-state index is 12.3. The normalized spacial score (nSPS) is 18.3. The Morgan fingerprint density at radius 3 is 2.72 bits per heavy atom. The van der Waals surface area contributed by atoms with Crippen molar-refractivity contribution >= 4 is 51.4 Å². The fraction of sp³-hybridized carbons (Fsp3) is 0. The molecule has 2 aliphatic heterocycles. The number of thioether (sulfide) groups is 1. The number of amides is 1. The van der Waals surface area contributed by atoms with Gasteiger partial charge < -0.3 is 0 Å². The highest BCUT2D eigenvalue weighted by Crippen LogP contribution is 2.30. The van der Waals surface area contributed by atoms with Crippen LogP contribution in [0.2, 0.25) is 5.02 Å². The van der Waals surface area contributed by atoms with Crippen molar-refractivity contribution in [2.24, 2.45) is 10.1 Å². The van der Waals surface area contributed by atoms with E-state index in [1.165, 1.54) is 16.8 Å². The fourth-order valence-corrected chi connectivity index (χ4v) is 3.33. The zero-order valence-electron chi connectivity index (χ0n) is 12.7. The number of benzene rings is 1. The van der Waals surface area contributed by atoms with E-state index >= 15 is 0 Å². The second kappa shape index (κ2) is 6.27. The number of hydrazone groups is 1. The van der Waals surface area contributed by atoms with E-state index in [4.69, 9.17) is 17.0 Å². The molecule has 1 aromatic carbocycles. The van der Waals surface area contributed by atoms with Gasteiger partial charge in [0.2, 0.25) is 5.17 Å². The number of pyridine rings is 1. The molecule has 0 aliphatic carbocycles. The maximum atomic E-state index is 12.3. The van der Waals surface area contributed by atoms with E-state index in [0.717, 1.165) is 11.1 Å². The molecule has 0 saturated carbocycles. The van der Waals surface area contributed by atoms with Gasteiger partial charge in [-0.05, 0) is 47.7 Å². The van der Waals surface area contributed by atoms with Crippen LogP contribution in [-0.4, -0.2) is 31.9 Å². The summed E-state index contributed by atoms with van der Waals surface area (Å²) in [6.45, 7) is 0. The van der Waals surface area contributed by atoms with Gasteiger partial charge in [-0.2, -0.15) is 15.1 Å². The third kappa shape index (κ3) is 2.99. The molecule has 0 bridgehead atoms. The van der Waals surface area contributed by atoms with Gasteiger partial charge in [0.15, 0.2) is 5.84 Å². The lowest BCUT2D eigenvalue weighted by Crippen LogP contribution is -2.35. The highest BCUT2D eigenvalue weighted by atomic mass is 35.5. The highest BCUT2D eigenvalue weighted by Gasteiger charge is 2.36. The van der Waals surface area contributed by atoms with Crippen molar-refractivity contribution in [3.63, 3.8) is 0 Å². The summed E-state index contributed by atoms with van der Waals surface area (Å²) in [7, 11) is 0. The summed E-state index contributed by atoms with van der Waals surface area (Å²) in [5.41, 5.74) is 1.76. The Bertz CT molecular complexity index is 966. The number of aromatic nitrogens is 1. The van der Waals surface area contributed by atoms with Gasteiger partial charge in [-0.25, -0.2) is 0 Å². The lowest BCUT2D eigenvalue weighted by atomic mass is 10.1. The molecule has 0 fully saturated rings. The van der Waals surface area contributed by atoms with Crippen LogP contribution in [0.4, 0.5) is 0 Å². The summed E-state index contributed by atoms with van der Waals surface area (Å²) in [6.07, 6.45) is 4.97. The van der Waals surface area contributed by atoms with Gasteiger partial charge in [-0.1, -0.05) is 23.7 Å². The second-order valence-electron chi connectivity index (χ2n) is 5.22. The topological polar surface area (TPSA) is 81.8 Å². The van der Waals surface area contributed by atoms with Crippen molar-refractivity contribution in [3.8, 4) is 0 Å². The second-order valence-corrected chi connectivity index (χ2v) is 6.61. The SMILES string of the molecule is N=C1/C(=C/c2ccc(Cl)cc2)C(=O)N=C2SC(c3cccnc3)=NN12. The Balaban J connectivity index is 1.69. The largest absolute Gasteiger partial charge is 0.283 e. The van der Waals surface area contributed by atoms with E-state index in [9.17, 15) is 4.79 Å². The monoisotopic (exact) mass is 367 g/mol. The minimum absolute atomic E-state index is 0.00339. The van der Waals surface area contributed by atoms with E-state index < -0.39 is 5.91 Å². The van der Waals surface area contributed by atoms with Crippen molar-refractivity contribution in [1.82, 2.24) is 9.99 Å². The van der Waals surface area contributed by atoms with Crippen molar-refractivity contribution < 1.29 is 4.79 Å². The molecule has 0 atom stereocenters. The maximum Gasteiger partial charge on any atom is 0.283 e. The molecule has 0 radical (unpaired) electrons. The molecule has 8 heteroatoms. The summed E-state index contributed by atoms with van der Waals surface area (Å²) >= 11 is 7.12. The van der Waals surface area contributed by atoms with Crippen LogP contribution >= 0.6 is 23.4 Å². The van der Waals surface area contributed by atoms with Crippen LogP contribution < -0.4 is 0 Å². The van der Waals surface area contributed by atoms with Gasteiger partial charge in [-0.15, -0.1) is 0 Å². The third-order valence-electron chi connectivity index (χ3n) is 3.54. The first-order valence-electron chi connectivity index (χ1n) is 7.28. The molecule has 2 aromatic rings. The fourth-order valence-electron chi connectivity index (χ4n) is 2.32. The van der Waals surface area contributed by atoms with Crippen molar-refractivity contribution in [3.05, 3.63) is 70.5 Å². The molecule has 2 aliphatic rings. The highest BCUT2D eigenvalue weighted by molar-refractivity contribution is 8.27. The molecule has 0 spiro atoms. The quantitative estimate of drug-likeness (QED) is 0.825. The number of aliphatic imine (C=N–C) groups is 1. The standard InChI is InChI=1S/C17H10ClN5OS/c18-12-5-3-10(4-6-12)8-13-14(19)23-17(21-15(13)24)25-16(22-23)11-2-1-7-20-9-11/h1-9,19H/b13-8-,19-14?. The molecular formula is C17H10ClN5OS. The molecule has 0 unspecified atom stereocenters. The molecule has 25 heavy (non-hydrogen) atoms. The Labute approximate surface area is 152 Å². The average molecular weight is 368 g/mol. The summed E-state index contributed by atoms with van der Waals surface area (Å²) in [5, 5.41) is 15.8. The number of hydrogen-bond acceptors (Lipinski definition) is 5. The molecule has 1 amide bonds. The molecule has 6 nitrogen and oxygen atoms in total. The number of amidine groups is 2. The van der Waals surface area contributed by atoms with Crippen molar-refractivity contribution in [2.45, 2.75) is 0 Å². The van der Waals surface area contributed by atoms with Crippen molar-refractivity contribution in [1.29, 1.82) is 5.41 Å². The zero-order chi connectivity index (χ0) is 17.4. The summed E-state index contributed by atoms with van der Waals surface area (Å²) < 4.78 is 0. The first kappa shape index (κ1) is 15.7. The van der Waals surface area contributed by atoms with E-state index in [-0.39, 0.29) is 11.4 Å². The summed E-state index contributed by atoms with van der Waals surface area (Å²) in [5.74, 6) is -0.460. The van der Waals surface area contributed by atoms with Gasteiger partial charge >= 0.3 is 0 Å². The Morgan fingerprint density at radius 1 is 1.20 bits per heavy atom. The molecule has 0 saturated heterocycles. The number of carbonyl (C=O) groups is 1. The lowest BCUT2D eigenvalue weighted by Gasteiger charge is -2.20. The molecule has 1 N–H and O–H groups in total. The Morgan fingerprint density at radius 2 is 2.00 bits per heavy atom. The summed E-state index contributed by atoms with van der Waals surface area (Å²) in [6, 6.07) is 10.7. The number of nitrogens with zero attached hydrogens (tertiary/aromatic N) is 4. The number of carbonyl (C=O) groups excluding carboxylic acids is 1. The van der Waals surface area contributed by atoms with Crippen LogP contribution in [-0.2, 0) is 4.79 Å². The first-order chi connectivity index (χ1) is 12.1. The van der Waals surface area contributed by atoms with Gasteiger partial charge in [-0.3, -0.25) is 15.2 Å². The van der Waals surface area contributed by atoms with Gasteiger partial charge in [0, 0.05) is 23.0 Å². The average Bonchev–Trinajstić information content (AvgIpc) is 3.05. The number of halogens is 1. The number of rotatable bonds is 2. The zero-order valence-corrected chi connectivity index (χ0v) is 14.3. The first-order valence-corrected chi connectivity index (χ1v) is 8.47. The van der Waals surface area contributed by atoms with Crippen LogP contribution in [0.25, 0.3) is 6.08 Å². The third-order valence-corrected chi connectivity index (χ3v) is 4.75. The molecule has 4 rings (SSSR count). The summed E-state index contributed by atoms with van der Waals surface area (Å²) in [4.78, 5) is 20.5. The van der Waals surface area contributed by atoms with Gasteiger partial charge in [0.25, 0.3) is 5.91 Å². The van der Waals surface area contributed by atoms with Gasteiger partial charge in [0.05, 0.1) is 5.57 Å².